The molecule has 2 aromatic rings. The first-order valence-corrected chi connectivity index (χ1v) is 12.2. The van der Waals surface area contributed by atoms with Crippen molar-refractivity contribution in [2.45, 2.75) is 24.9 Å². The summed E-state index contributed by atoms with van der Waals surface area (Å²) in [6, 6.07) is 18.0. The molecule has 0 bridgehead atoms. The molecule has 2 aliphatic heterocycles. The molecule has 28 heavy (non-hydrogen) atoms. The molecule has 2 aromatic carbocycles. The molecule has 1 fully saturated rings. The zero-order valence-electron chi connectivity index (χ0n) is 15.8. The van der Waals surface area contributed by atoms with Crippen molar-refractivity contribution in [3.05, 3.63) is 60.2 Å². The van der Waals surface area contributed by atoms with Crippen molar-refractivity contribution in [1.29, 1.82) is 0 Å². The van der Waals surface area contributed by atoms with Crippen LogP contribution in [0.2, 0.25) is 0 Å². The van der Waals surface area contributed by atoms with Crippen molar-refractivity contribution in [1.82, 2.24) is 0 Å². The summed E-state index contributed by atoms with van der Waals surface area (Å²) in [5.41, 5.74) is 2.31. The summed E-state index contributed by atoms with van der Waals surface area (Å²) in [7, 11) is -1.39. The lowest BCUT2D eigenvalue weighted by Gasteiger charge is -2.26. The van der Waals surface area contributed by atoms with Gasteiger partial charge in [0.05, 0.1) is 30.7 Å². The van der Waals surface area contributed by atoms with Crippen LogP contribution in [-0.2, 0) is 16.3 Å². The lowest BCUT2D eigenvalue weighted by molar-refractivity contribution is 0.415. The van der Waals surface area contributed by atoms with Gasteiger partial charge in [-0.25, -0.2) is 8.42 Å². The quantitative estimate of drug-likeness (QED) is 0.676. The second-order valence-corrected chi connectivity index (χ2v) is 10.3. The van der Waals surface area contributed by atoms with Crippen LogP contribution in [0.3, 0.4) is 0 Å². The summed E-state index contributed by atoms with van der Waals surface area (Å²) in [6.45, 7) is 0. The van der Waals surface area contributed by atoms with Gasteiger partial charge in [-0.2, -0.15) is 0 Å². The van der Waals surface area contributed by atoms with Gasteiger partial charge in [0.25, 0.3) is 0 Å². The molecule has 2 heterocycles. The van der Waals surface area contributed by atoms with Gasteiger partial charge in [0, 0.05) is 11.4 Å². The van der Waals surface area contributed by atoms with Gasteiger partial charge in [0.2, 0.25) is 0 Å². The van der Waals surface area contributed by atoms with Crippen molar-refractivity contribution >= 4 is 32.5 Å². The molecular formula is C21H24N2O3S2. The van der Waals surface area contributed by atoms with E-state index in [-0.39, 0.29) is 23.6 Å². The summed E-state index contributed by atoms with van der Waals surface area (Å²) < 4.78 is 29.5. The minimum atomic E-state index is -3.03. The molecule has 0 aromatic heterocycles. The van der Waals surface area contributed by atoms with Crippen LogP contribution >= 0.6 is 11.8 Å². The Morgan fingerprint density at radius 1 is 1.11 bits per heavy atom. The molecule has 0 amide bonds. The van der Waals surface area contributed by atoms with Gasteiger partial charge >= 0.3 is 0 Å². The first-order valence-electron chi connectivity index (χ1n) is 9.44. The van der Waals surface area contributed by atoms with E-state index in [4.69, 9.17) is 9.73 Å². The van der Waals surface area contributed by atoms with E-state index in [1.807, 2.05) is 30.3 Å². The van der Waals surface area contributed by atoms with E-state index in [1.54, 1.807) is 18.9 Å². The SMILES string of the molecule is COc1ccc(N2C(SCCCc3ccccc3)=NC3CS(=O)(=O)CC32)cc1. The number of rotatable bonds is 6. The lowest BCUT2D eigenvalue weighted by atomic mass is 10.1. The maximum Gasteiger partial charge on any atom is 0.164 e. The zero-order chi connectivity index (χ0) is 19.6. The second kappa shape index (κ2) is 8.17. The fourth-order valence-electron chi connectivity index (χ4n) is 3.76. The number of nitrogens with zero attached hydrogens (tertiary/aromatic N) is 2. The van der Waals surface area contributed by atoms with Crippen LogP contribution in [0, 0.1) is 0 Å². The molecule has 0 aliphatic carbocycles. The molecule has 2 aliphatic rings. The van der Waals surface area contributed by atoms with E-state index in [1.165, 1.54) is 5.56 Å². The fourth-order valence-corrected chi connectivity index (χ4v) is 6.67. The molecule has 148 valence electrons. The lowest BCUT2D eigenvalue weighted by Crippen LogP contribution is -2.39. The standard InChI is InChI=1S/C21H24N2O3S2/c1-26-18-11-9-17(10-12-18)23-20-15-28(24,25)14-19(20)22-21(23)27-13-5-8-16-6-3-2-4-7-16/h2-4,6-7,9-12,19-20H,5,8,13-15H2,1H3. The molecule has 1 saturated heterocycles. The molecule has 0 spiro atoms. The number of thioether (sulfide) groups is 1. The number of sulfone groups is 1. The Morgan fingerprint density at radius 3 is 2.57 bits per heavy atom. The Kier molecular flexibility index (Phi) is 5.64. The highest BCUT2D eigenvalue weighted by Gasteiger charge is 2.47. The Balaban J connectivity index is 1.47. The van der Waals surface area contributed by atoms with Gasteiger partial charge in [0.1, 0.15) is 5.75 Å². The average Bonchev–Trinajstić information content (AvgIpc) is 3.17. The Hall–Kier alpha value is -1.99. The third kappa shape index (κ3) is 4.20. The first-order chi connectivity index (χ1) is 13.6. The van der Waals surface area contributed by atoms with E-state index >= 15 is 0 Å². The average molecular weight is 417 g/mol. The molecule has 2 atom stereocenters. The van der Waals surface area contributed by atoms with E-state index in [0.717, 1.165) is 35.2 Å². The first kappa shape index (κ1) is 19.3. The Morgan fingerprint density at radius 2 is 1.86 bits per heavy atom. The molecule has 5 nitrogen and oxygen atoms in total. The molecular weight excluding hydrogens is 392 g/mol. The van der Waals surface area contributed by atoms with Crippen molar-refractivity contribution in [3.63, 3.8) is 0 Å². The van der Waals surface area contributed by atoms with Gasteiger partial charge in [0.15, 0.2) is 15.0 Å². The molecule has 0 N–H and O–H groups in total. The highest BCUT2D eigenvalue weighted by molar-refractivity contribution is 8.14. The molecule has 4 rings (SSSR count). The van der Waals surface area contributed by atoms with Crippen LogP contribution in [-0.4, -0.2) is 50.0 Å². The van der Waals surface area contributed by atoms with E-state index in [9.17, 15) is 8.42 Å². The fraction of sp³-hybridized carbons (Fsp3) is 0.381. The monoisotopic (exact) mass is 416 g/mol. The Labute approximate surface area is 170 Å². The van der Waals surface area contributed by atoms with Crippen LogP contribution in [0.25, 0.3) is 0 Å². The third-order valence-corrected chi connectivity index (χ3v) is 7.89. The minimum Gasteiger partial charge on any atom is -0.497 e. The van der Waals surface area contributed by atoms with Crippen molar-refractivity contribution in [2.24, 2.45) is 4.99 Å². The molecule has 2 unspecified atom stereocenters. The van der Waals surface area contributed by atoms with Gasteiger partial charge < -0.3 is 9.64 Å². The van der Waals surface area contributed by atoms with E-state index < -0.39 is 9.84 Å². The third-order valence-electron chi connectivity index (χ3n) is 5.14. The maximum atomic E-state index is 12.1. The molecule has 0 radical (unpaired) electrons. The van der Waals surface area contributed by atoms with Crippen LogP contribution in [0.4, 0.5) is 5.69 Å². The highest BCUT2D eigenvalue weighted by atomic mass is 32.2. The van der Waals surface area contributed by atoms with Crippen molar-refractivity contribution in [2.75, 3.05) is 29.3 Å². The topological polar surface area (TPSA) is 59.0 Å². The van der Waals surface area contributed by atoms with Crippen molar-refractivity contribution in [3.8, 4) is 5.75 Å². The Bertz CT molecular complexity index is 943. The highest BCUT2D eigenvalue weighted by Crippen LogP contribution is 2.35. The number of hydrogen-bond donors (Lipinski definition) is 0. The van der Waals surface area contributed by atoms with Gasteiger partial charge in [-0.1, -0.05) is 42.1 Å². The van der Waals surface area contributed by atoms with Gasteiger partial charge in [-0.3, -0.25) is 4.99 Å². The van der Waals surface area contributed by atoms with Crippen LogP contribution in [0.5, 0.6) is 5.75 Å². The number of benzene rings is 2. The number of fused-ring (bicyclic) bond motifs is 1. The number of aliphatic imine (C=N–C) groups is 1. The number of amidine groups is 1. The van der Waals surface area contributed by atoms with Crippen LogP contribution in [0.15, 0.2) is 59.6 Å². The summed E-state index contributed by atoms with van der Waals surface area (Å²) in [5, 5.41) is 0.933. The smallest absolute Gasteiger partial charge is 0.164 e. The minimum absolute atomic E-state index is 0.102. The van der Waals surface area contributed by atoms with Gasteiger partial charge in [-0.15, -0.1) is 0 Å². The van der Waals surface area contributed by atoms with Crippen LogP contribution in [0.1, 0.15) is 12.0 Å². The van der Waals surface area contributed by atoms with E-state index in [0.29, 0.717) is 0 Å². The summed E-state index contributed by atoms with van der Waals surface area (Å²) in [6.07, 6.45) is 2.09. The number of hydrogen-bond acceptors (Lipinski definition) is 6. The predicted molar refractivity (Wildman–Crippen MR) is 116 cm³/mol. The second-order valence-electron chi connectivity index (χ2n) is 7.13. The predicted octanol–water partition coefficient (Wildman–Crippen LogP) is 3.40. The number of aryl methyl sites for hydroxylation is 1. The summed E-state index contributed by atoms with van der Waals surface area (Å²) in [4.78, 5) is 6.90. The van der Waals surface area contributed by atoms with Crippen LogP contribution < -0.4 is 9.64 Å². The maximum absolute atomic E-state index is 12.1. The largest absolute Gasteiger partial charge is 0.497 e. The summed E-state index contributed by atoms with van der Waals surface area (Å²) >= 11 is 1.72. The number of anilines is 1. The number of ether oxygens (including phenoxy) is 1. The zero-order valence-corrected chi connectivity index (χ0v) is 17.5. The normalized spacial score (nSPS) is 22.8. The molecule has 7 heteroatoms. The van der Waals surface area contributed by atoms with E-state index in [2.05, 4.69) is 29.2 Å². The van der Waals surface area contributed by atoms with Gasteiger partial charge in [-0.05, 0) is 42.7 Å². The summed E-state index contributed by atoms with van der Waals surface area (Å²) in [5.74, 6) is 2.05. The number of methoxy groups -OCH3 is 1. The molecule has 0 saturated carbocycles. The van der Waals surface area contributed by atoms with Crippen molar-refractivity contribution < 1.29 is 13.2 Å².